The van der Waals surface area contributed by atoms with Gasteiger partial charge in [0, 0.05) is 16.8 Å². The van der Waals surface area contributed by atoms with Crippen LogP contribution in [-0.4, -0.2) is 24.8 Å². The molecule has 152 valence electrons. The topological polar surface area (TPSA) is 81.7 Å². The highest BCUT2D eigenvalue weighted by Crippen LogP contribution is 2.23. The van der Waals surface area contributed by atoms with Gasteiger partial charge in [-0.25, -0.2) is 4.79 Å². The van der Waals surface area contributed by atoms with Gasteiger partial charge < -0.3 is 14.8 Å². The number of hydrogen-bond acceptors (Lipinski definition) is 5. The average molecular weight is 403 g/mol. The van der Waals surface area contributed by atoms with Gasteiger partial charge in [0.15, 0.2) is 5.78 Å². The average Bonchev–Trinajstić information content (AvgIpc) is 2.78. The highest BCUT2D eigenvalue weighted by molar-refractivity contribution is 6.00. The van der Waals surface area contributed by atoms with Crippen molar-refractivity contribution in [3.05, 3.63) is 95.6 Å². The highest BCUT2D eigenvalue weighted by Gasteiger charge is 2.26. The number of Topliss-reactive ketones (excluding diaryl/α,β-unsaturated/α-hetero) is 1. The minimum atomic E-state index is -1.17. The first-order valence-corrected chi connectivity index (χ1v) is 9.30. The van der Waals surface area contributed by atoms with Gasteiger partial charge in [-0.1, -0.05) is 42.5 Å². The van der Waals surface area contributed by atoms with Crippen LogP contribution in [0.15, 0.2) is 78.9 Å². The highest BCUT2D eigenvalue weighted by atomic mass is 16.5. The molecule has 1 atom stereocenters. The number of rotatable bonds is 7. The molecule has 0 heterocycles. The van der Waals surface area contributed by atoms with E-state index >= 15 is 0 Å². The van der Waals surface area contributed by atoms with Crippen molar-refractivity contribution >= 4 is 23.3 Å². The maximum atomic E-state index is 13.0. The number of anilines is 1. The van der Waals surface area contributed by atoms with Crippen molar-refractivity contribution in [1.82, 2.24) is 0 Å². The normalized spacial score (nSPS) is 11.3. The largest absolute Gasteiger partial charge is 0.497 e. The zero-order chi connectivity index (χ0) is 21.5. The smallest absolute Gasteiger partial charge is 0.339 e. The molecule has 1 N–H and O–H groups in total. The molecule has 0 unspecified atom stereocenters. The third-order valence-corrected chi connectivity index (χ3v) is 4.43. The van der Waals surface area contributed by atoms with Crippen LogP contribution in [0.2, 0.25) is 0 Å². The summed E-state index contributed by atoms with van der Waals surface area (Å²) in [5.41, 5.74) is 1.73. The molecule has 3 aromatic rings. The predicted octanol–water partition coefficient (Wildman–Crippen LogP) is 4.43. The summed E-state index contributed by atoms with van der Waals surface area (Å²) < 4.78 is 10.6. The number of hydrogen-bond donors (Lipinski definition) is 1. The van der Waals surface area contributed by atoms with Gasteiger partial charge in [0.25, 0.3) is 5.91 Å². The van der Waals surface area contributed by atoms with Crippen LogP contribution in [0.1, 0.15) is 39.3 Å². The zero-order valence-electron chi connectivity index (χ0n) is 16.6. The van der Waals surface area contributed by atoms with Crippen molar-refractivity contribution in [3.63, 3.8) is 0 Å². The fraction of sp³-hybridized carbons (Fsp3) is 0.125. The van der Waals surface area contributed by atoms with E-state index in [1.165, 1.54) is 14.0 Å². The number of carbonyl (C=O) groups excluding carboxylic acids is 3. The number of methoxy groups -OCH3 is 1. The summed E-state index contributed by atoms with van der Waals surface area (Å²) in [5, 5.41) is 2.72. The minimum Gasteiger partial charge on any atom is -0.497 e. The quantitative estimate of drug-likeness (QED) is 0.466. The summed E-state index contributed by atoms with van der Waals surface area (Å²) in [6.45, 7) is 1.45. The van der Waals surface area contributed by atoms with Crippen molar-refractivity contribution in [2.24, 2.45) is 0 Å². The molecule has 3 aromatic carbocycles. The number of ether oxygens (including phenoxy) is 2. The van der Waals surface area contributed by atoms with Crippen molar-refractivity contribution in [3.8, 4) is 5.75 Å². The van der Waals surface area contributed by atoms with E-state index in [2.05, 4.69) is 5.32 Å². The van der Waals surface area contributed by atoms with Gasteiger partial charge in [-0.05, 0) is 43.3 Å². The number of nitrogens with one attached hydrogen (secondary N) is 1. The van der Waals surface area contributed by atoms with Gasteiger partial charge >= 0.3 is 5.97 Å². The van der Waals surface area contributed by atoms with E-state index in [1.54, 1.807) is 78.9 Å². The lowest BCUT2D eigenvalue weighted by Crippen LogP contribution is -2.26. The molecule has 0 spiro atoms. The van der Waals surface area contributed by atoms with E-state index in [4.69, 9.17) is 9.47 Å². The fourth-order valence-corrected chi connectivity index (χ4v) is 2.83. The van der Waals surface area contributed by atoms with Gasteiger partial charge in [0.1, 0.15) is 5.75 Å². The Labute approximate surface area is 174 Å². The lowest BCUT2D eigenvalue weighted by Gasteiger charge is -2.18. The molecular formula is C24H21NO5. The molecule has 0 fully saturated rings. The second kappa shape index (κ2) is 9.52. The molecule has 0 radical (unpaired) electrons. The molecule has 3 rings (SSSR count). The minimum absolute atomic E-state index is 0.114. The first-order valence-electron chi connectivity index (χ1n) is 9.30. The lowest BCUT2D eigenvalue weighted by molar-refractivity contribution is -0.125. The summed E-state index contributed by atoms with van der Waals surface area (Å²) in [7, 11) is 1.53. The molecule has 0 saturated heterocycles. The SMILES string of the molecule is COc1ccc(C(=O)O[C@@H](C(=O)Nc2cccc(C(C)=O)c2)c2ccccc2)cc1. The second-order valence-corrected chi connectivity index (χ2v) is 6.55. The van der Waals surface area contributed by atoms with E-state index in [9.17, 15) is 14.4 Å². The monoisotopic (exact) mass is 403 g/mol. The first-order chi connectivity index (χ1) is 14.5. The maximum Gasteiger partial charge on any atom is 0.339 e. The third kappa shape index (κ3) is 5.11. The Bertz CT molecular complexity index is 1040. The van der Waals surface area contributed by atoms with Gasteiger partial charge in [-0.2, -0.15) is 0 Å². The van der Waals surface area contributed by atoms with E-state index in [0.717, 1.165) is 0 Å². The Morgan fingerprint density at radius 1 is 0.833 bits per heavy atom. The Morgan fingerprint density at radius 2 is 1.53 bits per heavy atom. The third-order valence-electron chi connectivity index (χ3n) is 4.43. The molecule has 0 saturated carbocycles. The van der Waals surface area contributed by atoms with Crippen LogP contribution in [0.4, 0.5) is 5.69 Å². The lowest BCUT2D eigenvalue weighted by atomic mass is 10.1. The summed E-state index contributed by atoms with van der Waals surface area (Å²) >= 11 is 0. The molecule has 6 heteroatoms. The molecule has 0 aliphatic rings. The summed E-state index contributed by atoms with van der Waals surface area (Å²) in [4.78, 5) is 37.2. The molecule has 1 amide bonds. The van der Waals surface area contributed by atoms with Crippen molar-refractivity contribution in [2.45, 2.75) is 13.0 Å². The number of benzene rings is 3. The zero-order valence-corrected chi connectivity index (χ0v) is 16.6. The number of amides is 1. The van der Waals surface area contributed by atoms with Crippen LogP contribution in [0.25, 0.3) is 0 Å². The molecule has 0 aromatic heterocycles. The molecule has 0 bridgehead atoms. The molecule has 30 heavy (non-hydrogen) atoms. The Hall–Kier alpha value is -3.93. The summed E-state index contributed by atoms with van der Waals surface area (Å²) in [6, 6.07) is 21.7. The van der Waals surface area contributed by atoms with Crippen LogP contribution in [-0.2, 0) is 9.53 Å². The Morgan fingerprint density at radius 3 is 2.17 bits per heavy atom. The predicted molar refractivity (Wildman–Crippen MR) is 113 cm³/mol. The van der Waals surface area contributed by atoms with Crippen LogP contribution >= 0.6 is 0 Å². The number of carbonyl (C=O) groups is 3. The van der Waals surface area contributed by atoms with E-state index < -0.39 is 18.0 Å². The van der Waals surface area contributed by atoms with Crippen LogP contribution < -0.4 is 10.1 Å². The first kappa shape index (κ1) is 20.8. The second-order valence-electron chi connectivity index (χ2n) is 6.55. The summed E-state index contributed by atoms with van der Waals surface area (Å²) in [6.07, 6.45) is -1.17. The van der Waals surface area contributed by atoms with Crippen molar-refractivity contribution < 1.29 is 23.9 Å². The molecule has 6 nitrogen and oxygen atoms in total. The van der Waals surface area contributed by atoms with Gasteiger partial charge in [-0.15, -0.1) is 0 Å². The van der Waals surface area contributed by atoms with Gasteiger partial charge in [0.2, 0.25) is 6.10 Å². The fourth-order valence-electron chi connectivity index (χ4n) is 2.83. The van der Waals surface area contributed by atoms with Crippen LogP contribution in [0.5, 0.6) is 5.75 Å². The molecule has 0 aliphatic carbocycles. The number of ketones is 1. The Kier molecular flexibility index (Phi) is 6.60. The van der Waals surface area contributed by atoms with Gasteiger partial charge in [-0.3, -0.25) is 9.59 Å². The standard InChI is InChI=1S/C24H21NO5/c1-16(26)19-9-6-10-20(15-19)25-23(27)22(17-7-4-3-5-8-17)30-24(28)18-11-13-21(29-2)14-12-18/h3-15,22H,1-2H3,(H,25,27)/t22-/m1/s1. The van der Waals surface area contributed by atoms with E-state index in [1.807, 2.05) is 0 Å². The van der Waals surface area contributed by atoms with Crippen molar-refractivity contribution in [1.29, 1.82) is 0 Å². The number of esters is 1. The van der Waals surface area contributed by atoms with Gasteiger partial charge in [0.05, 0.1) is 12.7 Å². The van der Waals surface area contributed by atoms with Crippen molar-refractivity contribution in [2.75, 3.05) is 12.4 Å². The van der Waals surface area contributed by atoms with E-state index in [-0.39, 0.29) is 5.78 Å². The molecular weight excluding hydrogens is 382 g/mol. The Balaban J connectivity index is 1.83. The molecule has 0 aliphatic heterocycles. The maximum absolute atomic E-state index is 13.0. The van der Waals surface area contributed by atoms with Crippen LogP contribution in [0, 0.1) is 0 Å². The van der Waals surface area contributed by atoms with E-state index in [0.29, 0.717) is 28.1 Å². The van der Waals surface area contributed by atoms with Crippen LogP contribution in [0.3, 0.4) is 0 Å². The summed E-state index contributed by atoms with van der Waals surface area (Å²) in [5.74, 6) is -0.672.